The van der Waals surface area contributed by atoms with Gasteiger partial charge in [0.15, 0.2) is 0 Å². The number of morpholine rings is 1. The summed E-state index contributed by atoms with van der Waals surface area (Å²) in [5, 5.41) is 12.6. The molecule has 1 aromatic rings. The molecule has 20 heavy (non-hydrogen) atoms. The fourth-order valence-electron chi connectivity index (χ4n) is 2.25. The predicted molar refractivity (Wildman–Crippen MR) is 82.0 cm³/mol. The second-order valence-electron chi connectivity index (χ2n) is 6.19. The van der Waals surface area contributed by atoms with Gasteiger partial charge in [0.05, 0.1) is 13.2 Å². The highest BCUT2D eigenvalue weighted by atomic mass is 16.5. The van der Waals surface area contributed by atoms with Gasteiger partial charge in [0.25, 0.3) is 0 Å². The third-order valence-corrected chi connectivity index (χ3v) is 3.67. The van der Waals surface area contributed by atoms with Crippen molar-refractivity contribution >= 4 is 5.69 Å². The minimum Gasteiger partial charge on any atom is -0.396 e. The lowest BCUT2D eigenvalue weighted by Gasteiger charge is -2.29. The smallest absolute Gasteiger partial charge is 0.0642 e. The Bertz CT molecular complexity index is 397. The van der Waals surface area contributed by atoms with Crippen molar-refractivity contribution in [3.05, 3.63) is 29.8 Å². The molecule has 0 bridgehead atoms. The molecule has 2 N–H and O–H groups in total. The largest absolute Gasteiger partial charge is 0.396 e. The summed E-state index contributed by atoms with van der Waals surface area (Å²) < 4.78 is 5.37. The van der Waals surface area contributed by atoms with E-state index in [4.69, 9.17) is 4.74 Å². The molecule has 112 valence electrons. The van der Waals surface area contributed by atoms with E-state index in [9.17, 15) is 5.11 Å². The van der Waals surface area contributed by atoms with Crippen molar-refractivity contribution in [2.75, 3.05) is 44.4 Å². The zero-order valence-corrected chi connectivity index (χ0v) is 12.6. The predicted octanol–water partition coefficient (Wildman–Crippen LogP) is 1.63. The summed E-state index contributed by atoms with van der Waals surface area (Å²) >= 11 is 0. The number of hydrogen-bond donors (Lipinski definition) is 2. The molecule has 2 rings (SSSR count). The zero-order valence-electron chi connectivity index (χ0n) is 12.6. The van der Waals surface area contributed by atoms with Crippen LogP contribution in [0, 0.1) is 5.41 Å². The van der Waals surface area contributed by atoms with Crippen LogP contribution in [0.1, 0.15) is 19.4 Å². The number of nitrogens with one attached hydrogen (secondary N) is 1. The molecule has 1 aliphatic heterocycles. The third-order valence-electron chi connectivity index (χ3n) is 3.67. The molecular formula is C16H26N2O2. The van der Waals surface area contributed by atoms with E-state index in [1.165, 1.54) is 11.3 Å². The van der Waals surface area contributed by atoms with Crippen LogP contribution < -0.4 is 10.2 Å². The van der Waals surface area contributed by atoms with Crippen molar-refractivity contribution in [3.63, 3.8) is 0 Å². The topological polar surface area (TPSA) is 44.7 Å². The van der Waals surface area contributed by atoms with Crippen LogP contribution >= 0.6 is 0 Å². The van der Waals surface area contributed by atoms with Crippen LogP contribution in [0.2, 0.25) is 0 Å². The van der Waals surface area contributed by atoms with Crippen molar-refractivity contribution in [1.82, 2.24) is 5.32 Å². The quantitative estimate of drug-likeness (QED) is 0.830. The van der Waals surface area contributed by atoms with E-state index < -0.39 is 0 Å². The van der Waals surface area contributed by atoms with Crippen molar-refractivity contribution in [1.29, 1.82) is 0 Å². The van der Waals surface area contributed by atoms with Gasteiger partial charge >= 0.3 is 0 Å². The Morgan fingerprint density at radius 1 is 1.20 bits per heavy atom. The van der Waals surface area contributed by atoms with Crippen LogP contribution in [-0.4, -0.2) is 44.6 Å². The Morgan fingerprint density at radius 2 is 1.85 bits per heavy atom. The Balaban J connectivity index is 1.82. The van der Waals surface area contributed by atoms with Gasteiger partial charge in [-0.05, 0) is 17.7 Å². The number of rotatable bonds is 6. The van der Waals surface area contributed by atoms with Gasteiger partial charge in [-0.2, -0.15) is 0 Å². The maximum Gasteiger partial charge on any atom is 0.0642 e. The minimum atomic E-state index is -0.0618. The molecule has 1 fully saturated rings. The number of anilines is 1. The molecule has 0 unspecified atom stereocenters. The highest BCUT2D eigenvalue weighted by Crippen LogP contribution is 2.17. The van der Waals surface area contributed by atoms with Gasteiger partial charge in [-0.3, -0.25) is 0 Å². The molecule has 1 heterocycles. The van der Waals surface area contributed by atoms with Crippen LogP contribution in [-0.2, 0) is 11.3 Å². The van der Waals surface area contributed by atoms with E-state index in [0.717, 1.165) is 39.4 Å². The van der Waals surface area contributed by atoms with Gasteiger partial charge in [0.2, 0.25) is 0 Å². The van der Waals surface area contributed by atoms with Crippen LogP contribution in [0.3, 0.4) is 0 Å². The first-order valence-corrected chi connectivity index (χ1v) is 7.34. The Labute approximate surface area is 121 Å². The Morgan fingerprint density at radius 3 is 2.45 bits per heavy atom. The Hall–Kier alpha value is -1.10. The highest BCUT2D eigenvalue weighted by molar-refractivity contribution is 5.47. The standard InChI is InChI=1S/C16H26N2O2/c1-16(2,13-19)12-17-11-14-3-5-15(6-4-14)18-7-9-20-10-8-18/h3-6,17,19H,7-13H2,1-2H3. The molecular weight excluding hydrogens is 252 g/mol. The molecule has 0 atom stereocenters. The second-order valence-corrected chi connectivity index (χ2v) is 6.19. The van der Waals surface area contributed by atoms with Gasteiger partial charge in [0, 0.05) is 43.9 Å². The monoisotopic (exact) mass is 278 g/mol. The fraction of sp³-hybridized carbons (Fsp3) is 0.625. The number of aliphatic hydroxyl groups excluding tert-OH is 1. The molecule has 1 aromatic carbocycles. The molecule has 4 nitrogen and oxygen atoms in total. The van der Waals surface area contributed by atoms with Crippen LogP contribution in [0.5, 0.6) is 0 Å². The van der Waals surface area contributed by atoms with E-state index in [1.54, 1.807) is 0 Å². The van der Waals surface area contributed by atoms with E-state index in [1.807, 2.05) is 0 Å². The molecule has 1 saturated heterocycles. The summed E-state index contributed by atoms with van der Waals surface area (Å²) in [5.41, 5.74) is 2.48. The van der Waals surface area contributed by atoms with Gasteiger partial charge in [0.1, 0.15) is 0 Å². The summed E-state index contributed by atoms with van der Waals surface area (Å²) in [6.45, 7) is 9.56. The first-order valence-electron chi connectivity index (χ1n) is 7.34. The summed E-state index contributed by atoms with van der Waals surface area (Å²) in [6, 6.07) is 8.70. The number of benzene rings is 1. The number of ether oxygens (including phenoxy) is 1. The molecule has 4 heteroatoms. The van der Waals surface area contributed by atoms with Crippen LogP contribution in [0.4, 0.5) is 5.69 Å². The molecule has 0 saturated carbocycles. The highest BCUT2D eigenvalue weighted by Gasteiger charge is 2.15. The van der Waals surface area contributed by atoms with Crippen LogP contribution in [0.25, 0.3) is 0 Å². The first kappa shape index (κ1) is 15.3. The third kappa shape index (κ3) is 4.47. The Kier molecular flexibility index (Phi) is 5.40. The molecule has 0 spiro atoms. The van der Waals surface area contributed by atoms with Crippen molar-refractivity contribution in [3.8, 4) is 0 Å². The summed E-state index contributed by atoms with van der Waals surface area (Å²) in [5.74, 6) is 0. The van der Waals surface area contributed by atoms with Gasteiger partial charge in [-0.15, -0.1) is 0 Å². The maximum absolute atomic E-state index is 9.22. The average molecular weight is 278 g/mol. The summed E-state index contributed by atoms with van der Waals surface area (Å²) in [7, 11) is 0. The van der Waals surface area contributed by atoms with E-state index in [0.29, 0.717) is 0 Å². The number of aliphatic hydroxyl groups is 1. The SMILES string of the molecule is CC(C)(CO)CNCc1ccc(N2CCOCC2)cc1. The van der Waals surface area contributed by atoms with Crippen molar-refractivity contribution in [2.24, 2.45) is 5.41 Å². The summed E-state index contributed by atoms with van der Waals surface area (Å²) in [6.07, 6.45) is 0. The molecule has 0 radical (unpaired) electrons. The van der Waals surface area contributed by atoms with E-state index in [-0.39, 0.29) is 12.0 Å². The first-order chi connectivity index (χ1) is 9.61. The van der Waals surface area contributed by atoms with Crippen molar-refractivity contribution in [2.45, 2.75) is 20.4 Å². The molecule has 0 amide bonds. The molecule has 1 aliphatic rings. The zero-order chi connectivity index (χ0) is 14.4. The normalized spacial score (nSPS) is 16.4. The average Bonchev–Trinajstić information content (AvgIpc) is 2.49. The van der Waals surface area contributed by atoms with Gasteiger partial charge in [-0.25, -0.2) is 0 Å². The van der Waals surface area contributed by atoms with E-state index in [2.05, 4.69) is 48.3 Å². The lowest BCUT2D eigenvalue weighted by atomic mass is 9.95. The minimum absolute atomic E-state index is 0.0618. The molecule has 0 aromatic heterocycles. The number of nitrogens with zero attached hydrogens (tertiary/aromatic N) is 1. The lowest BCUT2D eigenvalue weighted by Crippen LogP contribution is -2.36. The fourth-order valence-corrected chi connectivity index (χ4v) is 2.25. The number of hydrogen-bond acceptors (Lipinski definition) is 4. The second kappa shape index (κ2) is 7.07. The van der Waals surface area contributed by atoms with Crippen LogP contribution in [0.15, 0.2) is 24.3 Å². The lowest BCUT2D eigenvalue weighted by molar-refractivity contribution is 0.122. The molecule has 0 aliphatic carbocycles. The van der Waals surface area contributed by atoms with E-state index >= 15 is 0 Å². The van der Waals surface area contributed by atoms with Crippen molar-refractivity contribution < 1.29 is 9.84 Å². The maximum atomic E-state index is 9.22. The van der Waals surface area contributed by atoms with Gasteiger partial charge < -0.3 is 20.1 Å². The summed E-state index contributed by atoms with van der Waals surface area (Å²) in [4.78, 5) is 2.36. The van der Waals surface area contributed by atoms with Gasteiger partial charge in [-0.1, -0.05) is 26.0 Å².